The first-order valence-corrected chi connectivity index (χ1v) is 3.49. The van der Waals surface area contributed by atoms with Gasteiger partial charge in [0.1, 0.15) is 0 Å². The summed E-state index contributed by atoms with van der Waals surface area (Å²) in [5.74, 6) is -0.437. The topological polar surface area (TPSA) is 99.8 Å². The van der Waals surface area contributed by atoms with E-state index in [1.54, 1.807) is 13.2 Å². The Labute approximate surface area is 69.5 Å². The molecule has 1 aromatic heterocycles. The van der Waals surface area contributed by atoms with Gasteiger partial charge in [0.15, 0.2) is 0 Å². The van der Waals surface area contributed by atoms with E-state index in [2.05, 4.69) is 10.3 Å². The molecule has 66 valence electrons. The van der Waals surface area contributed by atoms with Crippen molar-refractivity contribution in [3.8, 4) is 0 Å². The summed E-state index contributed by atoms with van der Waals surface area (Å²) in [6.45, 7) is 0. The van der Waals surface area contributed by atoms with Crippen LogP contribution in [0.3, 0.4) is 0 Å². The van der Waals surface area contributed by atoms with Crippen molar-refractivity contribution in [1.29, 1.82) is 0 Å². The molecule has 1 amide bonds. The van der Waals surface area contributed by atoms with Crippen LogP contribution in [-0.4, -0.2) is 20.9 Å². The van der Waals surface area contributed by atoms with E-state index >= 15 is 0 Å². The summed E-state index contributed by atoms with van der Waals surface area (Å²) in [4.78, 5) is 10.5. The van der Waals surface area contributed by atoms with Crippen LogP contribution in [0.1, 0.15) is 18.2 Å². The lowest BCUT2D eigenvalue weighted by atomic mass is 10.1. The van der Waals surface area contributed by atoms with Crippen molar-refractivity contribution < 1.29 is 4.79 Å². The van der Waals surface area contributed by atoms with Gasteiger partial charge in [0.25, 0.3) is 0 Å². The zero-order chi connectivity index (χ0) is 9.14. The molecule has 1 heterocycles. The molecule has 6 nitrogen and oxygen atoms in total. The van der Waals surface area contributed by atoms with E-state index < -0.39 is 11.9 Å². The molecule has 0 saturated carbocycles. The fourth-order valence-corrected chi connectivity index (χ4v) is 0.856. The smallest absolute Gasteiger partial charge is 0.219 e. The van der Waals surface area contributed by atoms with Crippen molar-refractivity contribution in [2.24, 2.45) is 18.5 Å². The molecule has 1 atom stereocenters. The lowest BCUT2D eigenvalue weighted by molar-refractivity contribution is -0.118. The normalized spacial score (nSPS) is 12.8. The van der Waals surface area contributed by atoms with Gasteiger partial charge in [-0.05, 0) is 0 Å². The fraction of sp³-hybridized carbons (Fsp3) is 0.500. The Balaban J connectivity index is 2.64. The highest BCUT2D eigenvalue weighted by Crippen LogP contribution is 2.08. The zero-order valence-electron chi connectivity index (χ0n) is 6.77. The van der Waals surface area contributed by atoms with E-state index in [0.717, 1.165) is 0 Å². The molecule has 6 heteroatoms. The standard InChI is InChI=1S/C6H11N5O/c1-11-3-5(9-10-11)4(7)2-6(8)12/h3-4H,2,7H2,1H3,(H2,8,12)/t4-/m1/s1. The van der Waals surface area contributed by atoms with E-state index in [-0.39, 0.29) is 6.42 Å². The second kappa shape index (κ2) is 3.31. The number of nitrogens with two attached hydrogens (primary N) is 2. The number of carbonyl (C=O) groups excluding carboxylic acids is 1. The van der Waals surface area contributed by atoms with Crippen molar-refractivity contribution in [2.75, 3.05) is 0 Å². The van der Waals surface area contributed by atoms with Gasteiger partial charge in [-0.3, -0.25) is 9.48 Å². The molecule has 0 fully saturated rings. The monoisotopic (exact) mass is 169 g/mol. The number of rotatable bonds is 3. The summed E-state index contributed by atoms with van der Waals surface area (Å²) in [6, 6.07) is -0.448. The Morgan fingerprint density at radius 1 is 1.83 bits per heavy atom. The maximum absolute atomic E-state index is 10.5. The van der Waals surface area contributed by atoms with Crippen LogP contribution in [0.2, 0.25) is 0 Å². The number of nitrogens with zero attached hydrogens (tertiary/aromatic N) is 3. The molecule has 0 aliphatic rings. The first-order chi connectivity index (χ1) is 5.59. The molecule has 0 spiro atoms. The molecule has 4 N–H and O–H groups in total. The Hall–Kier alpha value is -1.43. The Bertz CT molecular complexity index is 281. The maximum atomic E-state index is 10.5. The number of hydrogen-bond acceptors (Lipinski definition) is 4. The van der Waals surface area contributed by atoms with E-state index in [1.807, 2.05) is 0 Å². The van der Waals surface area contributed by atoms with Crippen molar-refractivity contribution >= 4 is 5.91 Å². The second-order valence-corrected chi connectivity index (χ2v) is 2.59. The van der Waals surface area contributed by atoms with Gasteiger partial charge < -0.3 is 11.5 Å². The van der Waals surface area contributed by atoms with Crippen LogP contribution >= 0.6 is 0 Å². The highest BCUT2D eigenvalue weighted by Gasteiger charge is 2.11. The third-order valence-corrected chi connectivity index (χ3v) is 1.42. The van der Waals surface area contributed by atoms with Gasteiger partial charge in [-0.1, -0.05) is 5.21 Å². The molecule has 0 saturated heterocycles. The molecule has 0 unspecified atom stereocenters. The summed E-state index contributed by atoms with van der Waals surface area (Å²) < 4.78 is 1.52. The highest BCUT2D eigenvalue weighted by atomic mass is 16.1. The lowest BCUT2D eigenvalue weighted by Crippen LogP contribution is -2.20. The summed E-state index contributed by atoms with van der Waals surface area (Å²) in [5, 5.41) is 7.43. The molecular formula is C6H11N5O. The predicted molar refractivity (Wildman–Crippen MR) is 41.7 cm³/mol. The van der Waals surface area contributed by atoms with Gasteiger partial charge in [0.2, 0.25) is 5.91 Å². The number of aromatic nitrogens is 3. The van der Waals surface area contributed by atoms with Crippen LogP contribution in [0.15, 0.2) is 6.20 Å². The third-order valence-electron chi connectivity index (χ3n) is 1.42. The summed E-state index contributed by atoms with van der Waals surface area (Å²) in [5.41, 5.74) is 11.1. The van der Waals surface area contributed by atoms with E-state index in [1.165, 1.54) is 4.68 Å². The molecule has 1 rings (SSSR count). The first kappa shape index (κ1) is 8.66. The molecule has 12 heavy (non-hydrogen) atoms. The summed E-state index contributed by atoms with van der Waals surface area (Å²) in [6.07, 6.45) is 1.76. The minimum absolute atomic E-state index is 0.0959. The van der Waals surface area contributed by atoms with Crippen LogP contribution in [0.5, 0.6) is 0 Å². The van der Waals surface area contributed by atoms with Crippen LogP contribution in [0.25, 0.3) is 0 Å². The molecule has 0 bridgehead atoms. The van der Waals surface area contributed by atoms with Gasteiger partial charge in [0, 0.05) is 19.7 Å². The van der Waals surface area contributed by atoms with Gasteiger partial charge in [-0.25, -0.2) is 0 Å². The van der Waals surface area contributed by atoms with Gasteiger partial charge in [0.05, 0.1) is 11.7 Å². The SMILES string of the molecule is Cn1cc([C@H](N)CC(N)=O)nn1. The van der Waals surface area contributed by atoms with E-state index in [0.29, 0.717) is 5.69 Å². The minimum Gasteiger partial charge on any atom is -0.370 e. The number of amides is 1. The zero-order valence-corrected chi connectivity index (χ0v) is 6.77. The van der Waals surface area contributed by atoms with Crippen molar-refractivity contribution in [2.45, 2.75) is 12.5 Å². The van der Waals surface area contributed by atoms with Crippen molar-refractivity contribution in [3.63, 3.8) is 0 Å². The molecule has 0 aromatic carbocycles. The lowest BCUT2D eigenvalue weighted by Gasteiger charge is -2.02. The average Bonchev–Trinajstić information content (AvgIpc) is 2.34. The quantitative estimate of drug-likeness (QED) is 0.586. The van der Waals surface area contributed by atoms with Crippen LogP contribution in [-0.2, 0) is 11.8 Å². The van der Waals surface area contributed by atoms with E-state index in [4.69, 9.17) is 11.5 Å². The molecule has 0 aliphatic carbocycles. The summed E-state index contributed by atoms with van der Waals surface area (Å²) in [7, 11) is 1.73. The molecule has 1 aromatic rings. The average molecular weight is 169 g/mol. The fourth-order valence-electron chi connectivity index (χ4n) is 0.856. The van der Waals surface area contributed by atoms with Gasteiger partial charge in [-0.15, -0.1) is 5.10 Å². The Kier molecular flexibility index (Phi) is 2.39. The molecule has 0 radical (unpaired) electrons. The summed E-state index contributed by atoms with van der Waals surface area (Å²) >= 11 is 0. The molecule has 0 aliphatic heterocycles. The van der Waals surface area contributed by atoms with E-state index in [9.17, 15) is 4.79 Å². The third kappa shape index (κ3) is 2.03. The van der Waals surface area contributed by atoms with Crippen molar-refractivity contribution in [3.05, 3.63) is 11.9 Å². The van der Waals surface area contributed by atoms with Crippen LogP contribution < -0.4 is 11.5 Å². The number of primary amides is 1. The molecular weight excluding hydrogens is 158 g/mol. The predicted octanol–water partition coefficient (Wildman–Crippen LogP) is -1.31. The second-order valence-electron chi connectivity index (χ2n) is 2.59. The number of aryl methyl sites for hydroxylation is 1. The van der Waals surface area contributed by atoms with Crippen LogP contribution in [0, 0.1) is 0 Å². The van der Waals surface area contributed by atoms with Crippen molar-refractivity contribution in [1.82, 2.24) is 15.0 Å². The highest BCUT2D eigenvalue weighted by molar-refractivity contribution is 5.74. The van der Waals surface area contributed by atoms with Gasteiger partial charge >= 0.3 is 0 Å². The Morgan fingerprint density at radius 3 is 2.92 bits per heavy atom. The Morgan fingerprint density at radius 2 is 2.50 bits per heavy atom. The minimum atomic E-state index is -0.448. The van der Waals surface area contributed by atoms with Crippen LogP contribution in [0.4, 0.5) is 0 Å². The van der Waals surface area contributed by atoms with Gasteiger partial charge in [-0.2, -0.15) is 0 Å². The number of hydrogen-bond donors (Lipinski definition) is 2. The number of carbonyl (C=O) groups is 1. The largest absolute Gasteiger partial charge is 0.370 e. The maximum Gasteiger partial charge on any atom is 0.219 e. The first-order valence-electron chi connectivity index (χ1n) is 3.49.